The fraction of sp³-hybridized carbons (Fsp3) is 0.200. The van der Waals surface area contributed by atoms with Crippen LogP contribution in [0.15, 0.2) is 53.2 Å². The summed E-state index contributed by atoms with van der Waals surface area (Å²) in [5.74, 6) is 0.601. The van der Waals surface area contributed by atoms with E-state index in [1.54, 1.807) is 34.8 Å². The van der Waals surface area contributed by atoms with E-state index in [2.05, 4.69) is 10.3 Å². The zero-order chi connectivity index (χ0) is 18.4. The van der Waals surface area contributed by atoms with Crippen molar-refractivity contribution in [2.24, 2.45) is 0 Å². The van der Waals surface area contributed by atoms with Crippen molar-refractivity contribution in [2.75, 3.05) is 0 Å². The summed E-state index contributed by atoms with van der Waals surface area (Å²) in [5, 5.41) is 7.99. The molecular weight excluding hydrogens is 364 g/mol. The van der Waals surface area contributed by atoms with Gasteiger partial charge in [-0.2, -0.15) is 0 Å². The van der Waals surface area contributed by atoms with E-state index in [-0.39, 0.29) is 11.9 Å². The van der Waals surface area contributed by atoms with E-state index < -0.39 is 0 Å². The van der Waals surface area contributed by atoms with E-state index in [1.165, 1.54) is 0 Å². The molecule has 134 valence electrons. The number of ether oxygens (including phenoxy) is 1. The molecule has 0 aliphatic carbocycles. The van der Waals surface area contributed by atoms with Crippen molar-refractivity contribution < 1.29 is 9.53 Å². The summed E-state index contributed by atoms with van der Waals surface area (Å²) in [7, 11) is 0. The number of aromatic nitrogens is 1. The van der Waals surface area contributed by atoms with Crippen LogP contribution in [-0.4, -0.2) is 10.9 Å². The summed E-state index contributed by atoms with van der Waals surface area (Å²) in [6, 6.07) is 11.6. The van der Waals surface area contributed by atoms with Crippen LogP contribution in [0.2, 0.25) is 0 Å². The predicted molar refractivity (Wildman–Crippen MR) is 108 cm³/mol. The van der Waals surface area contributed by atoms with Crippen molar-refractivity contribution >= 4 is 34.7 Å². The Morgan fingerprint density at radius 2 is 2.12 bits per heavy atom. The predicted octanol–water partition coefficient (Wildman–Crippen LogP) is 4.98. The third kappa shape index (κ3) is 5.03. The molecular formula is C20H20N2O2S2. The fourth-order valence-corrected chi connectivity index (χ4v) is 3.74. The van der Waals surface area contributed by atoms with Crippen molar-refractivity contribution in [3.8, 4) is 5.75 Å². The van der Waals surface area contributed by atoms with Crippen molar-refractivity contribution in [3.05, 3.63) is 74.4 Å². The highest BCUT2D eigenvalue weighted by atomic mass is 32.1. The number of carbonyl (C=O) groups excluding carboxylic acids is 1. The molecule has 6 heteroatoms. The van der Waals surface area contributed by atoms with Crippen LogP contribution in [0.3, 0.4) is 0 Å². The van der Waals surface area contributed by atoms with Gasteiger partial charge >= 0.3 is 0 Å². The summed E-state index contributed by atoms with van der Waals surface area (Å²) in [6.45, 7) is 4.36. The first kappa shape index (κ1) is 18.4. The molecule has 0 aliphatic heterocycles. The first-order chi connectivity index (χ1) is 12.6. The number of aryl methyl sites for hydroxylation is 1. The summed E-state index contributed by atoms with van der Waals surface area (Å²) in [5.41, 5.74) is 1.77. The lowest BCUT2D eigenvalue weighted by Crippen LogP contribution is -2.23. The van der Waals surface area contributed by atoms with Crippen LogP contribution in [-0.2, 0) is 11.4 Å². The maximum atomic E-state index is 12.2. The minimum atomic E-state index is -0.129. The van der Waals surface area contributed by atoms with Gasteiger partial charge in [0.05, 0.1) is 16.7 Å². The molecule has 0 bridgehead atoms. The minimum absolute atomic E-state index is 0.00783. The van der Waals surface area contributed by atoms with E-state index in [0.29, 0.717) is 6.61 Å². The van der Waals surface area contributed by atoms with Gasteiger partial charge in [0.2, 0.25) is 5.91 Å². The smallest absolute Gasteiger partial charge is 0.244 e. The lowest BCUT2D eigenvalue weighted by atomic mass is 10.2. The number of hydrogen-bond donors (Lipinski definition) is 1. The Balaban J connectivity index is 1.61. The highest BCUT2D eigenvalue weighted by Gasteiger charge is 2.08. The topological polar surface area (TPSA) is 51.2 Å². The van der Waals surface area contributed by atoms with Gasteiger partial charge in [0, 0.05) is 21.9 Å². The third-order valence-electron chi connectivity index (χ3n) is 3.70. The zero-order valence-electron chi connectivity index (χ0n) is 14.6. The number of hydrogen-bond acceptors (Lipinski definition) is 5. The number of thiazole rings is 1. The van der Waals surface area contributed by atoms with Crippen molar-refractivity contribution in [3.63, 3.8) is 0 Å². The van der Waals surface area contributed by atoms with E-state index in [9.17, 15) is 4.79 Å². The van der Waals surface area contributed by atoms with Crippen LogP contribution in [0, 0.1) is 6.92 Å². The molecule has 0 radical (unpaired) electrons. The molecule has 2 heterocycles. The maximum absolute atomic E-state index is 12.2. The quantitative estimate of drug-likeness (QED) is 0.584. The molecule has 1 aromatic carbocycles. The summed E-state index contributed by atoms with van der Waals surface area (Å²) >= 11 is 3.24. The summed E-state index contributed by atoms with van der Waals surface area (Å²) in [6.07, 6.45) is 3.32. The largest absolute Gasteiger partial charge is 0.487 e. The second-order valence-corrected chi connectivity index (χ2v) is 7.80. The molecule has 3 aromatic rings. The normalized spacial score (nSPS) is 12.2. The van der Waals surface area contributed by atoms with Crippen molar-refractivity contribution in [2.45, 2.75) is 26.5 Å². The molecule has 0 fully saturated rings. The second-order valence-electron chi connectivity index (χ2n) is 5.76. The van der Waals surface area contributed by atoms with E-state index >= 15 is 0 Å². The molecule has 4 nitrogen and oxygen atoms in total. The monoisotopic (exact) mass is 384 g/mol. The van der Waals surface area contributed by atoms with Gasteiger partial charge in [0.25, 0.3) is 0 Å². The minimum Gasteiger partial charge on any atom is -0.487 e. The van der Waals surface area contributed by atoms with E-state index in [1.807, 2.05) is 61.0 Å². The number of rotatable bonds is 7. The molecule has 26 heavy (non-hydrogen) atoms. The molecule has 0 saturated heterocycles. The average molecular weight is 385 g/mol. The molecule has 1 atom stereocenters. The highest BCUT2D eigenvalue weighted by molar-refractivity contribution is 7.10. The Labute approximate surface area is 161 Å². The SMILES string of the molecule is Cc1nc(COc2ccccc2/C=C/C(=O)NC(C)c2cccs2)cs1. The van der Waals surface area contributed by atoms with E-state index in [4.69, 9.17) is 4.74 Å². The number of thiophene rings is 1. The molecule has 1 N–H and O–H groups in total. The summed E-state index contributed by atoms with van der Waals surface area (Å²) < 4.78 is 5.87. The van der Waals surface area contributed by atoms with Crippen LogP contribution in [0.25, 0.3) is 6.08 Å². The fourth-order valence-electron chi connectivity index (χ4n) is 2.41. The number of benzene rings is 1. The Hall–Kier alpha value is -2.44. The lowest BCUT2D eigenvalue weighted by Gasteiger charge is -2.10. The molecule has 1 amide bonds. The van der Waals surface area contributed by atoms with Gasteiger partial charge in [0.1, 0.15) is 12.4 Å². The van der Waals surface area contributed by atoms with Crippen LogP contribution in [0.5, 0.6) is 5.75 Å². The van der Waals surface area contributed by atoms with Gasteiger partial charge < -0.3 is 10.1 Å². The van der Waals surface area contributed by atoms with Gasteiger partial charge in [-0.15, -0.1) is 22.7 Å². The average Bonchev–Trinajstić information content (AvgIpc) is 3.30. The number of nitrogens with zero attached hydrogens (tertiary/aromatic N) is 1. The Bertz CT molecular complexity index is 885. The number of carbonyl (C=O) groups is 1. The highest BCUT2D eigenvalue weighted by Crippen LogP contribution is 2.22. The molecule has 2 aromatic heterocycles. The Morgan fingerprint density at radius 1 is 1.27 bits per heavy atom. The first-order valence-corrected chi connectivity index (χ1v) is 10.0. The molecule has 0 spiro atoms. The standard InChI is InChI=1S/C20H20N2O2S2/c1-14(19-8-5-11-25-19)21-20(23)10-9-16-6-3-4-7-18(16)24-12-17-13-26-15(2)22-17/h3-11,13-14H,12H2,1-2H3,(H,21,23)/b10-9+. The van der Waals surface area contributed by atoms with Gasteiger partial charge in [0.15, 0.2) is 0 Å². The van der Waals surface area contributed by atoms with Crippen molar-refractivity contribution in [1.29, 1.82) is 0 Å². The van der Waals surface area contributed by atoms with Crippen LogP contribution in [0.4, 0.5) is 0 Å². The van der Waals surface area contributed by atoms with Gasteiger partial charge in [-0.05, 0) is 37.4 Å². The molecule has 1 unspecified atom stereocenters. The molecule has 3 rings (SSSR count). The second kappa shape index (κ2) is 8.78. The van der Waals surface area contributed by atoms with Crippen LogP contribution < -0.4 is 10.1 Å². The van der Waals surface area contributed by atoms with Gasteiger partial charge in [-0.1, -0.05) is 24.3 Å². The maximum Gasteiger partial charge on any atom is 0.244 e. The first-order valence-electron chi connectivity index (χ1n) is 8.26. The van der Waals surface area contributed by atoms with Crippen molar-refractivity contribution in [1.82, 2.24) is 10.3 Å². The molecule has 0 aliphatic rings. The van der Waals surface area contributed by atoms with E-state index in [0.717, 1.165) is 26.9 Å². The summed E-state index contributed by atoms with van der Waals surface area (Å²) in [4.78, 5) is 17.7. The molecule has 0 saturated carbocycles. The third-order valence-corrected chi connectivity index (χ3v) is 5.58. The number of nitrogens with one attached hydrogen (secondary N) is 1. The van der Waals surface area contributed by atoms with Gasteiger partial charge in [-0.3, -0.25) is 4.79 Å². The lowest BCUT2D eigenvalue weighted by molar-refractivity contribution is -0.117. The Morgan fingerprint density at radius 3 is 2.85 bits per heavy atom. The zero-order valence-corrected chi connectivity index (χ0v) is 16.3. The van der Waals surface area contributed by atoms with Crippen LogP contribution in [0.1, 0.15) is 34.1 Å². The number of para-hydroxylation sites is 1. The van der Waals surface area contributed by atoms with Gasteiger partial charge in [-0.25, -0.2) is 4.98 Å². The van der Waals surface area contributed by atoms with Crippen LogP contribution >= 0.6 is 22.7 Å². The Kier molecular flexibility index (Phi) is 6.20. The number of amides is 1.